The number of carbonyl (C=O) groups excluding carboxylic acids is 1. The third-order valence-electron chi connectivity index (χ3n) is 9.98. The Morgan fingerprint density at radius 1 is 0.982 bits per heavy atom. The normalized spacial score (nSPS) is 19.2. The van der Waals surface area contributed by atoms with Crippen molar-refractivity contribution in [1.82, 2.24) is 25.2 Å². The lowest BCUT2D eigenvalue weighted by molar-refractivity contribution is -0.165. The maximum Gasteiger partial charge on any atom is 0.320 e. The Morgan fingerprint density at radius 3 is 2.50 bits per heavy atom. The molecule has 1 aliphatic carbocycles. The number of hydrogen-bond acceptors (Lipinski definition) is 10. The smallest absolute Gasteiger partial charge is 0.320 e. The van der Waals surface area contributed by atoms with Crippen molar-refractivity contribution < 1.29 is 23.7 Å². The average Bonchev–Trinajstić information content (AvgIpc) is 3.56. The molecule has 1 fully saturated rings. The van der Waals surface area contributed by atoms with Gasteiger partial charge in [-0.15, -0.1) is 10.2 Å². The summed E-state index contributed by atoms with van der Waals surface area (Å²) in [4.78, 5) is 20.7. The van der Waals surface area contributed by atoms with E-state index < -0.39 is 0 Å². The number of anilines is 1. The van der Waals surface area contributed by atoms with Crippen LogP contribution in [-0.4, -0.2) is 64.7 Å². The summed E-state index contributed by atoms with van der Waals surface area (Å²) in [6.45, 7) is 16.2. The van der Waals surface area contributed by atoms with Crippen molar-refractivity contribution in [1.29, 1.82) is 0 Å². The van der Waals surface area contributed by atoms with Gasteiger partial charge < -0.3 is 34.9 Å². The van der Waals surface area contributed by atoms with Crippen LogP contribution in [0.25, 0.3) is 5.65 Å². The minimum atomic E-state index is -0.388. The Hall–Kier alpha value is -5.14. The van der Waals surface area contributed by atoms with Gasteiger partial charge in [-0.25, -0.2) is 9.79 Å². The van der Waals surface area contributed by atoms with Crippen molar-refractivity contribution in [3.8, 4) is 11.5 Å². The minimum Gasteiger partial charge on any atom is -0.491 e. The van der Waals surface area contributed by atoms with Crippen LogP contribution in [0.2, 0.25) is 0 Å². The van der Waals surface area contributed by atoms with Gasteiger partial charge in [0.25, 0.3) is 0 Å². The van der Waals surface area contributed by atoms with Crippen LogP contribution in [0.15, 0.2) is 83.6 Å². The predicted molar refractivity (Wildman–Crippen MR) is 219 cm³/mol. The molecule has 2 aliphatic rings. The molecule has 0 radical (unpaired) electrons. The fourth-order valence-electron chi connectivity index (χ4n) is 7.08. The maximum absolute atomic E-state index is 13.7. The molecule has 2 amide bonds. The number of urea groups is 1. The van der Waals surface area contributed by atoms with Crippen molar-refractivity contribution in [2.24, 2.45) is 16.1 Å². The predicted octanol–water partition coefficient (Wildman–Crippen LogP) is 8.15. The molecular formula is C43H58N8O5. The lowest BCUT2D eigenvalue weighted by Crippen LogP contribution is -2.42. The summed E-state index contributed by atoms with van der Waals surface area (Å²) < 4.78 is 26.0. The molecule has 4 aromatic rings. The number of rotatable bonds is 13. The Labute approximate surface area is 330 Å². The number of nitrogens with zero attached hydrogens (tertiary/aromatic N) is 5. The number of ether oxygens (including phenoxy) is 4. The van der Waals surface area contributed by atoms with Crippen LogP contribution in [-0.2, 0) is 9.47 Å². The van der Waals surface area contributed by atoms with Crippen molar-refractivity contribution in [3.63, 3.8) is 0 Å². The zero-order valence-corrected chi connectivity index (χ0v) is 33.8. The number of pyridine rings is 1. The molecule has 56 heavy (non-hydrogen) atoms. The maximum atomic E-state index is 13.7. The van der Waals surface area contributed by atoms with Gasteiger partial charge >= 0.3 is 6.03 Å². The molecule has 0 bridgehead atoms. The molecule has 0 spiro atoms. The molecule has 3 unspecified atom stereocenters. The first-order valence-electron chi connectivity index (χ1n) is 19.8. The van der Waals surface area contributed by atoms with E-state index in [1.54, 1.807) is 6.08 Å². The zero-order chi connectivity index (χ0) is 39.8. The molecule has 1 saturated heterocycles. The molecule has 2 aromatic heterocycles. The van der Waals surface area contributed by atoms with Gasteiger partial charge in [0.05, 0.1) is 24.5 Å². The Balaban J connectivity index is 1.14. The van der Waals surface area contributed by atoms with Gasteiger partial charge in [-0.1, -0.05) is 51.1 Å². The van der Waals surface area contributed by atoms with Crippen molar-refractivity contribution in [3.05, 3.63) is 89.8 Å². The second kappa shape index (κ2) is 18.2. The summed E-state index contributed by atoms with van der Waals surface area (Å²) in [5.41, 5.74) is 10.1. The molecule has 1 aliphatic heterocycles. The number of amidine groups is 1. The molecule has 300 valence electrons. The molecule has 3 heterocycles. The van der Waals surface area contributed by atoms with Gasteiger partial charge in [-0.2, -0.15) is 0 Å². The molecule has 4 N–H and O–H groups in total. The van der Waals surface area contributed by atoms with Crippen LogP contribution in [0.3, 0.4) is 0 Å². The number of fused-ring (bicyclic) bond motifs is 2. The number of amides is 2. The Kier molecular flexibility index (Phi) is 13.2. The topological polar surface area (TPSA) is 150 Å². The van der Waals surface area contributed by atoms with Crippen LogP contribution in [0.5, 0.6) is 11.5 Å². The van der Waals surface area contributed by atoms with Gasteiger partial charge in [-0.3, -0.25) is 9.72 Å². The highest BCUT2D eigenvalue weighted by molar-refractivity contribution is 6.05. The average molecular weight is 767 g/mol. The fraction of sp³-hybridized carbons (Fsp3) is 0.488. The Bertz CT molecular complexity index is 1990. The van der Waals surface area contributed by atoms with E-state index in [4.69, 9.17) is 29.7 Å². The van der Waals surface area contributed by atoms with Gasteiger partial charge in [-0.05, 0) is 95.2 Å². The lowest BCUT2D eigenvalue weighted by Gasteiger charge is -2.32. The highest BCUT2D eigenvalue weighted by Crippen LogP contribution is 2.39. The highest BCUT2D eigenvalue weighted by atomic mass is 16.7. The van der Waals surface area contributed by atoms with Crippen LogP contribution in [0.4, 0.5) is 16.4 Å². The third-order valence-corrected chi connectivity index (χ3v) is 9.98. The first kappa shape index (κ1) is 40.5. The standard InChI is InChI=1S/C43H58N8O5/c1-28(2)51(29(3)4)42-49-48-39-21-18-32(27-50(39)42)56-36-20-19-35(33-15-8-9-16-34(33)36)46-41(52)47-38(26-37(44)43(5,6)7)45-30-13-12-14-31(25-30)53-23-24-55-40-17-10-11-22-54-40/h8-9,12-16,18,21,25-29,35-36,40H,10-11,17,19-20,22-24,44H2,1-7H3,(H2,45,46,47,52). The molecule has 6 rings (SSSR count). The molecule has 13 heteroatoms. The summed E-state index contributed by atoms with van der Waals surface area (Å²) >= 11 is 0. The van der Waals surface area contributed by atoms with Gasteiger partial charge in [0.1, 0.15) is 30.0 Å². The zero-order valence-electron chi connectivity index (χ0n) is 33.8. The number of aromatic nitrogens is 3. The number of hydrogen-bond donors (Lipinski definition) is 3. The van der Waals surface area contributed by atoms with Crippen LogP contribution < -0.4 is 30.7 Å². The second-order valence-corrected chi connectivity index (χ2v) is 16.0. The van der Waals surface area contributed by atoms with Crippen LogP contribution >= 0.6 is 0 Å². The first-order valence-corrected chi connectivity index (χ1v) is 19.8. The molecule has 3 atom stereocenters. The van der Waals surface area contributed by atoms with E-state index in [2.05, 4.69) is 59.5 Å². The number of aliphatic imine (C=N–C) groups is 1. The lowest BCUT2D eigenvalue weighted by atomic mass is 9.85. The van der Waals surface area contributed by atoms with E-state index in [1.165, 1.54) is 0 Å². The van der Waals surface area contributed by atoms with E-state index >= 15 is 0 Å². The van der Waals surface area contributed by atoms with E-state index in [-0.39, 0.29) is 42.0 Å². The van der Waals surface area contributed by atoms with Crippen molar-refractivity contribution >= 4 is 29.1 Å². The van der Waals surface area contributed by atoms with Crippen molar-refractivity contribution in [2.75, 3.05) is 24.7 Å². The summed E-state index contributed by atoms with van der Waals surface area (Å²) in [5.74, 6) is 2.45. The molecule has 2 aromatic carbocycles. The molecular weight excluding hydrogens is 709 g/mol. The van der Waals surface area contributed by atoms with Crippen molar-refractivity contribution in [2.45, 2.75) is 111 Å². The van der Waals surface area contributed by atoms with Gasteiger partial charge in [0, 0.05) is 41.9 Å². The quantitative estimate of drug-likeness (QED) is 0.0696. The summed E-state index contributed by atoms with van der Waals surface area (Å²) in [6.07, 6.45) is 7.76. The van der Waals surface area contributed by atoms with E-state index in [0.29, 0.717) is 49.0 Å². The Morgan fingerprint density at radius 2 is 1.77 bits per heavy atom. The van der Waals surface area contributed by atoms with E-state index in [0.717, 1.165) is 54.3 Å². The number of carbonyl (C=O) groups is 1. The molecule has 0 saturated carbocycles. The number of benzene rings is 2. The largest absolute Gasteiger partial charge is 0.491 e. The van der Waals surface area contributed by atoms with Gasteiger partial charge in [0.2, 0.25) is 5.95 Å². The van der Waals surface area contributed by atoms with Crippen LogP contribution in [0.1, 0.15) is 104 Å². The van der Waals surface area contributed by atoms with Crippen LogP contribution in [0, 0.1) is 5.41 Å². The third kappa shape index (κ3) is 10.4. The summed E-state index contributed by atoms with van der Waals surface area (Å²) in [6, 6.07) is 19.2. The summed E-state index contributed by atoms with van der Waals surface area (Å²) in [7, 11) is 0. The van der Waals surface area contributed by atoms with E-state index in [9.17, 15) is 4.79 Å². The minimum absolute atomic E-state index is 0.165. The molecule has 13 nitrogen and oxygen atoms in total. The number of nitrogens with two attached hydrogens (primary N) is 1. The first-order chi connectivity index (χ1) is 26.9. The van der Waals surface area contributed by atoms with E-state index in [1.807, 2.05) is 86.0 Å². The van der Waals surface area contributed by atoms with Gasteiger partial charge in [0.15, 0.2) is 11.9 Å². The fourth-order valence-corrected chi connectivity index (χ4v) is 7.08. The number of allylic oxidation sites excluding steroid dienone is 1. The summed E-state index contributed by atoms with van der Waals surface area (Å²) in [5, 5.41) is 15.1. The monoisotopic (exact) mass is 766 g/mol. The number of nitrogens with one attached hydrogen (secondary N) is 2. The highest BCUT2D eigenvalue weighted by Gasteiger charge is 2.30. The SMILES string of the molecule is CC(C)N(c1nnc2ccc(OC3CCC(NC(=O)NC(C=C(N)C(C)(C)C)=Nc4cccc(OCCOC5CCCCO5)c4)c4ccccc43)cn12)C(C)C. The second-order valence-electron chi connectivity index (χ2n) is 16.0.